The standard InChI is InChI=1S/C9H7I2NO/c10-7-4-6-2-1-3-8(13-11)9(6)12-5-7/h1-3,5,7H,4H2. The summed E-state index contributed by atoms with van der Waals surface area (Å²) in [5.41, 5.74) is 2.26. The quantitative estimate of drug-likeness (QED) is 0.524. The zero-order valence-corrected chi connectivity index (χ0v) is 11.0. The number of alkyl halides is 1. The highest BCUT2D eigenvalue weighted by Crippen LogP contribution is 2.36. The summed E-state index contributed by atoms with van der Waals surface area (Å²) >= 11 is 4.27. The summed E-state index contributed by atoms with van der Waals surface area (Å²) in [5, 5.41) is 0. The monoisotopic (exact) mass is 399 g/mol. The van der Waals surface area contributed by atoms with E-state index in [0.29, 0.717) is 3.92 Å². The molecule has 0 saturated carbocycles. The summed E-state index contributed by atoms with van der Waals surface area (Å²) in [6.07, 6.45) is 3.02. The molecule has 0 fully saturated rings. The van der Waals surface area contributed by atoms with E-state index in [1.807, 2.05) is 41.4 Å². The second kappa shape index (κ2) is 4.12. The smallest absolute Gasteiger partial charge is 0.192 e. The maximum atomic E-state index is 5.20. The lowest BCUT2D eigenvalue weighted by Gasteiger charge is -2.15. The predicted octanol–water partition coefficient (Wildman–Crippen LogP) is 3.48. The van der Waals surface area contributed by atoms with E-state index in [1.165, 1.54) is 5.56 Å². The zero-order chi connectivity index (χ0) is 9.26. The van der Waals surface area contributed by atoms with Gasteiger partial charge in [-0.1, -0.05) is 34.7 Å². The second-order valence-corrected chi connectivity index (χ2v) is 4.88. The third-order valence-electron chi connectivity index (χ3n) is 1.95. The van der Waals surface area contributed by atoms with Crippen LogP contribution in [-0.4, -0.2) is 10.1 Å². The zero-order valence-electron chi connectivity index (χ0n) is 6.71. The molecule has 0 radical (unpaired) electrons. The van der Waals surface area contributed by atoms with Crippen molar-refractivity contribution in [3.05, 3.63) is 23.8 Å². The number of para-hydroxylation sites is 1. The molecule has 2 rings (SSSR count). The van der Waals surface area contributed by atoms with E-state index in [-0.39, 0.29) is 0 Å². The molecule has 1 aromatic rings. The number of aliphatic imine (C=N–C) groups is 1. The minimum absolute atomic E-state index is 0.509. The van der Waals surface area contributed by atoms with Gasteiger partial charge in [-0.2, -0.15) is 0 Å². The highest BCUT2D eigenvalue weighted by Gasteiger charge is 2.15. The maximum Gasteiger partial charge on any atom is 0.192 e. The fourth-order valence-corrected chi connectivity index (χ4v) is 2.35. The van der Waals surface area contributed by atoms with Crippen LogP contribution >= 0.6 is 45.6 Å². The van der Waals surface area contributed by atoms with Crippen LogP contribution in [0.2, 0.25) is 0 Å². The molecule has 0 amide bonds. The summed E-state index contributed by atoms with van der Waals surface area (Å²) < 4.78 is 5.71. The van der Waals surface area contributed by atoms with E-state index in [0.717, 1.165) is 17.9 Å². The van der Waals surface area contributed by atoms with Gasteiger partial charge in [-0.05, 0) is 18.1 Å². The van der Waals surface area contributed by atoms with Gasteiger partial charge in [-0.3, -0.25) is 4.99 Å². The lowest BCUT2D eigenvalue weighted by Crippen LogP contribution is -2.08. The van der Waals surface area contributed by atoms with Crippen LogP contribution in [0.3, 0.4) is 0 Å². The minimum Gasteiger partial charge on any atom is -0.425 e. The third kappa shape index (κ3) is 1.98. The molecule has 0 spiro atoms. The van der Waals surface area contributed by atoms with Crippen LogP contribution in [0.25, 0.3) is 0 Å². The van der Waals surface area contributed by atoms with Crippen molar-refractivity contribution < 1.29 is 3.07 Å². The molecule has 0 aliphatic carbocycles. The van der Waals surface area contributed by atoms with Crippen molar-refractivity contribution in [1.82, 2.24) is 0 Å². The Morgan fingerprint density at radius 3 is 3.08 bits per heavy atom. The molecular formula is C9H7I2NO. The maximum absolute atomic E-state index is 5.20. The van der Waals surface area contributed by atoms with Crippen LogP contribution in [0.1, 0.15) is 5.56 Å². The number of nitrogens with zero attached hydrogens (tertiary/aromatic N) is 1. The summed E-state index contributed by atoms with van der Waals surface area (Å²) in [4.78, 5) is 4.38. The molecule has 1 aromatic carbocycles. The van der Waals surface area contributed by atoms with Gasteiger partial charge in [-0.25, -0.2) is 0 Å². The van der Waals surface area contributed by atoms with Gasteiger partial charge in [0.05, 0.1) is 3.92 Å². The lowest BCUT2D eigenvalue weighted by molar-refractivity contribution is 0.715. The molecule has 2 nitrogen and oxygen atoms in total. The van der Waals surface area contributed by atoms with Gasteiger partial charge in [0.25, 0.3) is 0 Å². The van der Waals surface area contributed by atoms with Crippen molar-refractivity contribution in [2.45, 2.75) is 10.3 Å². The highest BCUT2D eigenvalue weighted by molar-refractivity contribution is 14.1. The SMILES string of the molecule is IOc1cccc2c1N=CC(I)C2. The number of rotatable bonds is 1. The second-order valence-electron chi connectivity index (χ2n) is 2.84. The Hall–Kier alpha value is 0.150. The molecule has 4 heteroatoms. The first-order chi connectivity index (χ1) is 6.31. The van der Waals surface area contributed by atoms with Gasteiger partial charge in [-0.15, -0.1) is 0 Å². The first kappa shape index (κ1) is 9.70. The van der Waals surface area contributed by atoms with Crippen molar-refractivity contribution in [3.8, 4) is 5.75 Å². The van der Waals surface area contributed by atoms with Crippen molar-refractivity contribution in [2.75, 3.05) is 0 Å². The Labute approximate surface area is 105 Å². The summed E-state index contributed by atoms with van der Waals surface area (Å²) in [5.74, 6) is 0.859. The Morgan fingerprint density at radius 2 is 2.31 bits per heavy atom. The first-order valence-corrected chi connectivity index (χ1v) is 6.02. The molecule has 0 aromatic heterocycles. The van der Waals surface area contributed by atoms with Crippen LogP contribution in [0.5, 0.6) is 5.75 Å². The van der Waals surface area contributed by atoms with Crippen molar-refractivity contribution in [3.63, 3.8) is 0 Å². The van der Waals surface area contributed by atoms with E-state index in [1.54, 1.807) is 0 Å². The molecule has 68 valence electrons. The highest BCUT2D eigenvalue weighted by atomic mass is 127. The Balaban J connectivity index is 2.49. The van der Waals surface area contributed by atoms with E-state index < -0.39 is 0 Å². The molecule has 0 N–H and O–H groups in total. The van der Waals surface area contributed by atoms with Crippen LogP contribution in [0.15, 0.2) is 23.2 Å². The molecule has 0 bridgehead atoms. The van der Waals surface area contributed by atoms with Crippen LogP contribution < -0.4 is 3.07 Å². The van der Waals surface area contributed by atoms with Gasteiger partial charge in [0, 0.05) is 6.21 Å². The fourth-order valence-electron chi connectivity index (χ4n) is 1.36. The molecule has 1 heterocycles. The normalized spacial score (nSPS) is 19.7. The van der Waals surface area contributed by atoms with Gasteiger partial charge >= 0.3 is 0 Å². The Morgan fingerprint density at radius 1 is 1.46 bits per heavy atom. The molecule has 1 unspecified atom stereocenters. The summed E-state index contributed by atoms with van der Waals surface area (Å²) in [7, 11) is 0. The molecule has 1 aliphatic heterocycles. The van der Waals surface area contributed by atoms with Crippen molar-refractivity contribution in [2.24, 2.45) is 4.99 Å². The van der Waals surface area contributed by atoms with Gasteiger partial charge in [0.15, 0.2) is 28.8 Å². The van der Waals surface area contributed by atoms with Gasteiger partial charge in [0.2, 0.25) is 0 Å². The van der Waals surface area contributed by atoms with Crippen molar-refractivity contribution in [1.29, 1.82) is 0 Å². The van der Waals surface area contributed by atoms with Crippen LogP contribution in [-0.2, 0) is 6.42 Å². The average molecular weight is 399 g/mol. The summed E-state index contributed by atoms with van der Waals surface area (Å²) in [6, 6.07) is 6.06. The molecular weight excluding hydrogens is 392 g/mol. The van der Waals surface area contributed by atoms with E-state index in [4.69, 9.17) is 3.07 Å². The minimum atomic E-state index is 0.509. The van der Waals surface area contributed by atoms with Crippen LogP contribution in [0.4, 0.5) is 5.69 Å². The molecule has 0 saturated heterocycles. The molecule has 13 heavy (non-hydrogen) atoms. The number of fused-ring (bicyclic) bond motifs is 1. The van der Waals surface area contributed by atoms with E-state index in [9.17, 15) is 0 Å². The first-order valence-electron chi connectivity index (χ1n) is 3.90. The van der Waals surface area contributed by atoms with Crippen LogP contribution in [0, 0.1) is 0 Å². The number of benzene rings is 1. The molecule has 1 atom stereocenters. The average Bonchev–Trinajstić information content (AvgIpc) is 2.16. The summed E-state index contributed by atoms with van der Waals surface area (Å²) in [6.45, 7) is 0. The van der Waals surface area contributed by atoms with Gasteiger partial charge < -0.3 is 3.07 Å². The molecule has 1 aliphatic rings. The number of halogens is 2. The topological polar surface area (TPSA) is 21.6 Å². The van der Waals surface area contributed by atoms with E-state index in [2.05, 4.69) is 33.6 Å². The van der Waals surface area contributed by atoms with Crippen molar-refractivity contribution >= 4 is 57.5 Å². The predicted molar refractivity (Wildman–Crippen MR) is 70.8 cm³/mol. The number of hydrogen-bond donors (Lipinski definition) is 0. The van der Waals surface area contributed by atoms with Gasteiger partial charge in [0.1, 0.15) is 5.69 Å². The lowest BCUT2D eigenvalue weighted by atomic mass is 10.1. The Kier molecular flexibility index (Phi) is 3.07. The number of hydrogen-bond acceptors (Lipinski definition) is 2. The Bertz CT molecular complexity index is 351. The fraction of sp³-hybridized carbons (Fsp3) is 0.222. The third-order valence-corrected chi connectivity index (χ3v) is 3.18. The van der Waals surface area contributed by atoms with E-state index >= 15 is 0 Å². The largest absolute Gasteiger partial charge is 0.425 e.